The van der Waals surface area contributed by atoms with Crippen molar-refractivity contribution in [2.45, 2.75) is 25.3 Å². The number of carbonyl (C=O) groups is 1. The highest BCUT2D eigenvalue weighted by Crippen LogP contribution is 2.25. The molecule has 4 rings (SSSR count). The smallest absolute Gasteiger partial charge is 0.341 e. The zero-order chi connectivity index (χ0) is 19.5. The first-order valence-electron chi connectivity index (χ1n) is 9.40. The molecular formula is C21H22N4O3. The van der Waals surface area contributed by atoms with Crippen LogP contribution >= 0.6 is 0 Å². The average Bonchev–Trinajstić information content (AvgIpc) is 3.40. The number of nitrogens with two attached hydrogens (primary N) is 1. The summed E-state index contributed by atoms with van der Waals surface area (Å²) in [6.07, 6.45) is 2.65. The molecule has 1 atom stereocenters. The van der Waals surface area contributed by atoms with E-state index < -0.39 is 11.8 Å². The molecule has 7 nitrogen and oxygen atoms in total. The minimum atomic E-state index is -0.579. The highest BCUT2D eigenvalue weighted by atomic mass is 16.5. The summed E-state index contributed by atoms with van der Waals surface area (Å²) in [5.74, 6) is -0.143. The standard InChI is InChI=1S/C21H22N4O3/c22-18(20(26)25-10-1-2-11-25)12-14-6-8-15(9-7-14)16-4-3-5-17(13-16)19-23-21(27)28-24-19/h3-9,13,18H,1-2,10-12,22H2,(H,23,24,27)/t18-/m0/s1. The van der Waals surface area contributed by atoms with Gasteiger partial charge in [0.05, 0.1) is 6.04 Å². The van der Waals surface area contributed by atoms with Crippen molar-refractivity contribution in [3.05, 3.63) is 64.6 Å². The van der Waals surface area contributed by atoms with Gasteiger partial charge < -0.3 is 10.6 Å². The van der Waals surface area contributed by atoms with E-state index in [1.807, 2.05) is 53.4 Å². The molecular weight excluding hydrogens is 356 g/mol. The van der Waals surface area contributed by atoms with Gasteiger partial charge in [0.2, 0.25) is 5.91 Å². The Hall–Kier alpha value is -3.19. The predicted molar refractivity (Wildman–Crippen MR) is 105 cm³/mol. The van der Waals surface area contributed by atoms with Gasteiger partial charge in [0, 0.05) is 18.7 Å². The summed E-state index contributed by atoms with van der Waals surface area (Å²) in [5.41, 5.74) is 9.94. The molecule has 28 heavy (non-hydrogen) atoms. The molecule has 3 N–H and O–H groups in total. The minimum Gasteiger partial charge on any atom is -0.341 e. The van der Waals surface area contributed by atoms with Gasteiger partial charge in [0.25, 0.3) is 0 Å². The van der Waals surface area contributed by atoms with Crippen LogP contribution in [0.15, 0.2) is 57.8 Å². The number of amides is 1. The van der Waals surface area contributed by atoms with Crippen molar-refractivity contribution in [3.63, 3.8) is 0 Å². The predicted octanol–water partition coefficient (Wildman–Crippen LogP) is 2.19. The van der Waals surface area contributed by atoms with Gasteiger partial charge in [-0.05, 0) is 42.0 Å². The van der Waals surface area contributed by atoms with E-state index in [2.05, 4.69) is 14.7 Å². The Balaban J connectivity index is 1.47. The first-order chi connectivity index (χ1) is 13.6. The fourth-order valence-electron chi connectivity index (χ4n) is 3.55. The number of H-pyrrole nitrogens is 1. The Morgan fingerprint density at radius 1 is 1.11 bits per heavy atom. The Bertz CT molecular complexity index is 1020. The van der Waals surface area contributed by atoms with E-state index in [0.717, 1.165) is 48.2 Å². The Morgan fingerprint density at radius 2 is 1.82 bits per heavy atom. The number of likely N-dealkylation sites (tertiary alicyclic amines) is 1. The van der Waals surface area contributed by atoms with Crippen LogP contribution in [0.2, 0.25) is 0 Å². The summed E-state index contributed by atoms with van der Waals surface area (Å²) in [7, 11) is 0. The number of carbonyl (C=O) groups excluding carboxylic acids is 1. The van der Waals surface area contributed by atoms with Gasteiger partial charge in [-0.2, -0.15) is 0 Å². The molecule has 0 spiro atoms. The van der Waals surface area contributed by atoms with E-state index in [1.165, 1.54) is 0 Å². The second-order valence-electron chi connectivity index (χ2n) is 7.06. The molecule has 0 saturated carbocycles. The lowest BCUT2D eigenvalue weighted by atomic mass is 9.99. The van der Waals surface area contributed by atoms with Gasteiger partial charge in [-0.25, -0.2) is 4.79 Å². The van der Waals surface area contributed by atoms with Gasteiger partial charge in [-0.15, -0.1) is 0 Å². The first-order valence-corrected chi connectivity index (χ1v) is 9.40. The molecule has 3 aromatic rings. The van der Waals surface area contributed by atoms with Crippen molar-refractivity contribution < 1.29 is 9.32 Å². The third kappa shape index (κ3) is 3.89. The lowest BCUT2D eigenvalue weighted by molar-refractivity contribution is -0.131. The molecule has 2 heterocycles. The Labute approximate surface area is 162 Å². The summed E-state index contributed by atoms with van der Waals surface area (Å²) in [4.78, 5) is 27.9. The lowest BCUT2D eigenvalue weighted by Crippen LogP contribution is -2.43. The molecule has 7 heteroatoms. The summed E-state index contributed by atoms with van der Waals surface area (Å²) < 4.78 is 4.57. The molecule has 1 aliphatic rings. The highest BCUT2D eigenvalue weighted by Gasteiger charge is 2.23. The maximum Gasteiger partial charge on any atom is 0.439 e. The number of hydrogen-bond donors (Lipinski definition) is 2. The van der Waals surface area contributed by atoms with Crippen LogP contribution in [-0.4, -0.2) is 40.1 Å². The third-order valence-corrected chi connectivity index (χ3v) is 5.05. The van der Waals surface area contributed by atoms with Crippen LogP contribution in [0.4, 0.5) is 0 Å². The van der Waals surface area contributed by atoms with Crippen molar-refractivity contribution >= 4 is 5.91 Å². The number of benzene rings is 2. The van der Waals surface area contributed by atoms with Crippen LogP contribution in [-0.2, 0) is 11.2 Å². The average molecular weight is 378 g/mol. The van der Waals surface area contributed by atoms with Gasteiger partial charge in [-0.1, -0.05) is 47.6 Å². The molecule has 1 saturated heterocycles. The van der Waals surface area contributed by atoms with Crippen molar-refractivity contribution in [1.82, 2.24) is 15.0 Å². The largest absolute Gasteiger partial charge is 0.439 e. The zero-order valence-corrected chi connectivity index (χ0v) is 15.4. The topological polar surface area (TPSA) is 105 Å². The molecule has 1 aromatic heterocycles. The highest BCUT2D eigenvalue weighted by molar-refractivity contribution is 5.82. The van der Waals surface area contributed by atoms with E-state index in [1.54, 1.807) is 0 Å². The summed E-state index contributed by atoms with van der Waals surface area (Å²) in [5, 5.41) is 3.72. The van der Waals surface area contributed by atoms with E-state index >= 15 is 0 Å². The quantitative estimate of drug-likeness (QED) is 0.708. The zero-order valence-electron chi connectivity index (χ0n) is 15.4. The van der Waals surface area contributed by atoms with Crippen LogP contribution in [0.3, 0.4) is 0 Å². The number of aromatic amines is 1. The van der Waals surface area contributed by atoms with E-state index in [-0.39, 0.29) is 5.91 Å². The van der Waals surface area contributed by atoms with Crippen LogP contribution < -0.4 is 11.5 Å². The Morgan fingerprint density at radius 3 is 2.50 bits per heavy atom. The Kier molecular flexibility index (Phi) is 5.08. The summed E-state index contributed by atoms with van der Waals surface area (Å²) >= 11 is 0. The third-order valence-electron chi connectivity index (χ3n) is 5.05. The lowest BCUT2D eigenvalue weighted by Gasteiger charge is -2.20. The molecule has 1 amide bonds. The molecule has 144 valence electrons. The fourth-order valence-corrected chi connectivity index (χ4v) is 3.55. The van der Waals surface area contributed by atoms with Crippen LogP contribution in [0.1, 0.15) is 18.4 Å². The number of nitrogens with one attached hydrogen (secondary N) is 1. The monoisotopic (exact) mass is 378 g/mol. The van der Waals surface area contributed by atoms with E-state index in [9.17, 15) is 9.59 Å². The van der Waals surface area contributed by atoms with Crippen molar-refractivity contribution in [3.8, 4) is 22.5 Å². The first kappa shape index (κ1) is 18.2. The normalized spacial score (nSPS) is 15.0. The molecule has 0 aliphatic carbocycles. The molecule has 1 fully saturated rings. The number of aromatic nitrogens is 2. The second kappa shape index (κ2) is 7.82. The SMILES string of the molecule is N[C@@H](Cc1ccc(-c2cccc(-c3noc(=O)[nH]3)c2)cc1)C(=O)N1CCCC1. The van der Waals surface area contributed by atoms with Crippen LogP contribution in [0.25, 0.3) is 22.5 Å². The van der Waals surface area contributed by atoms with Gasteiger partial charge >= 0.3 is 5.76 Å². The minimum absolute atomic E-state index is 0.0379. The van der Waals surface area contributed by atoms with Crippen molar-refractivity contribution in [2.75, 3.05) is 13.1 Å². The summed E-state index contributed by atoms with van der Waals surface area (Å²) in [6.45, 7) is 1.64. The summed E-state index contributed by atoms with van der Waals surface area (Å²) in [6, 6.07) is 15.2. The van der Waals surface area contributed by atoms with Crippen molar-refractivity contribution in [2.24, 2.45) is 5.73 Å². The molecule has 2 aromatic carbocycles. The van der Waals surface area contributed by atoms with Gasteiger partial charge in [0.1, 0.15) is 0 Å². The van der Waals surface area contributed by atoms with Gasteiger partial charge in [0.15, 0.2) is 5.82 Å². The van der Waals surface area contributed by atoms with Crippen LogP contribution in [0, 0.1) is 0 Å². The number of hydrogen-bond acceptors (Lipinski definition) is 5. The van der Waals surface area contributed by atoms with Gasteiger partial charge in [-0.3, -0.25) is 14.3 Å². The molecule has 0 radical (unpaired) electrons. The van der Waals surface area contributed by atoms with Crippen molar-refractivity contribution in [1.29, 1.82) is 0 Å². The fraction of sp³-hybridized carbons (Fsp3) is 0.286. The van der Waals surface area contributed by atoms with E-state index in [4.69, 9.17) is 5.73 Å². The van der Waals surface area contributed by atoms with Crippen LogP contribution in [0.5, 0.6) is 0 Å². The maximum absolute atomic E-state index is 12.4. The molecule has 1 aliphatic heterocycles. The maximum atomic E-state index is 12.4. The van der Waals surface area contributed by atoms with E-state index in [0.29, 0.717) is 12.2 Å². The number of nitrogens with zero attached hydrogens (tertiary/aromatic N) is 2. The number of rotatable bonds is 5. The molecule has 0 unspecified atom stereocenters. The molecule has 0 bridgehead atoms. The second-order valence-corrected chi connectivity index (χ2v) is 7.06.